The number of rotatable bonds is 4. The van der Waals surface area contributed by atoms with Crippen molar-refractivity contribution < 1.29 is 4.79 Å². The highest BCUT2D eigenvalue weighted by Gasteiger charge is 2.40. The van der Waals surface area contributed by atoms with Crippen molar-refractivity contribution in [1.29, 1.82) is 5.41 Å². The second kappa shape index (κ2) is 3.77. The Hall–Kier alpha value is -1.06. The van der Waals surface area contributed by atoms with Crippen LogP contribution in [0.1, 0.15) is 39.5 Å². The van der Waals surface area contributed by atoms with Crippen LogP contribution in [0.5, 0.6) is 0 Å². The lowest BCUT2D eigenvalue weighted by atomic mass is 9.90. The second-order valence-electron chi connectivity index (χ2n) is 3.49. The highest BCUT2D eigenvalue weighted by Crippen LogP contribution is 2.22. The average Bonchev–Trinajstić information content (AvgIpc) is 2.38. The fourth-order valence-electron chi connectivity index (χ4n) is 1.65. The third kappa shape index (κ3) is 1.82. The molecule has 1 aliphatic rings. The Kier molecular flexibility index (Phi) is 2.90. The Bertz CT molecular complexity index is 227. The van der Waals surface area contributed by atoms with Gasteiger partial charge in [-0.1, -0.05) is 26.7 Å². The molecule has 1 atom stereocenters. The summed E-state index contributed by atoms with van der Waals surface area (Å²) in [6.07, 6.45) is 3.77. The lowest BCUT2D eigenvalue weighted by Gasteiger charge is -2.25. The van der Waals surface area contributed by atoms with Crippen molar-refractivity contribution in [3.05, 3.63) is 0 Å². The van der Waals surface area contributed by atoms with E-state index in [1.165, 1.54) is 0 Å². The van der Waals surface area contributed by atoms with Gasteiger partial charge in [0.1, 0.15) is 5.84 Å². The van der Waals surface area contributed by atoms with E-state index in [1.807, 2.05) is 6.92 Å². The molecule has 1 saturated heterocycles. The van der Waals surface area contributed by atoms with Crippen molar-refractivity contribution in [2.75, 3.05) is 0 Å². The van der Waals surface area contributed by atoms with Gasteiger partial charge in [0.15, 0.2) is 0 Å². The number of nitrogens with one attached hydrogen (secondary N) is 3. The smallest absolute Gasteiger partial charge is 0.321 e. The Morgan fingerprint density at radius 2 is 2.15 bits per heavy atom. The first-order valence-corrected chi connectivity index (χ1v) is 4.83. The van der Waals surface area contributed by atoms with Gasteiger partial charge in [0, 0.05) is 0 Å². The highest BCUT2D eigenvalue weighted by molar-refractivity contribution is 6.08. The number of urea groups is 1. The van der Waals surface area contributed by atoms with E-state index in [-0.39, 0.29) is 6.03 Å². The molecule has 0 aromatic rings. The van der Waals surface area contributed by atoms with Gasteiger partial charge in [-0.3, -0.25) is 10.7 Å². The predicted molar refractivity (Wildman–Crippen MR) is 51.9 cm³/mol. The van der Waals surface area contributed by atoms with Gasteiger partial charge in [0.25, 0.3) is 0 Å². The summed E-state index contributed by atoms with van der Waals surface area (Å²) in [4.78, 5) is 11.0. The number of amides is 2. The van der Waals surface area contributed by atoms with Crippen LogP contribution in [0.25, 0.3) is 0 Å². The fourth-order valence-corrected chi connectivity index (χ4v) is 1.65. The van der Waals surface area contributed by atoms with Crippen LogP contribution in [0.2, 0.25) is 0 Å². The molecule has 0 radical (unpaired) electrons. The third-order valence-corrected chi connectivity index (χ3v) is 2.63. The van der Waals surface area contributed by atoms with Gasteiger partial charge in [-0.05, 0) is 12.8 Å². The summed E-state index contributed by atoms with van der Waals surface area (Å²) in [5.74, 6) is 0.327. The molecule has 1 heterocycles. The van der Waals surface area contributed by atoms with Crippen LogP contribution < -0.4 is 10.6 Å². The van der Waals surface area contributed by atoms with Gasteiger partial charge in [0.2, 0.25) is 0 Å². The van der Waals surface area contributed by atoms with Crippen LogP contribution in [0, 0.1) is 5.41 Å². The van der Waals surface area contributed by atoms with Crippen molar-refractivity contribution >= 4 is 11.9 Å². The summed E-state index contributed by atoms with van der Waals surface area (Å²) in [6, 6.07) is -0.233. The van der Waals surface area contributed by atoms with E-state index >= 15 is 0 Å². The Morgan fingerprint density at radius 1 is 1.46 bits per heavy atom. The molecular formula is C9H17N3O. The summed E-state index contributed by atoms with van der Waals surface area (Å²) >= 11 is 0. The van der Waals surface area contributed by atoms with Gasteiger partial charge in [0.05, 0.1) is 5.54 Å². The minimum Gasteiger partial charge on any atom is -0.325 e. The number of unbranched alkanes of at least 4 members (excludes halogenated alkanes) is 1. The first-order valence-electron chi connectivity index (χ1n) is 4.83. The molecule has 0 bridgehead atoms. The minimum atomic E-state index is -0.410. The molecule has 0 saturated carbocycles. The molecule has 1 aliphatic heterocycles. The Morgan fingerprint density at radius 3 is 2.54 bits per heavy atom. The molecule has 2 amide bonds. The number of amidine groups is 1. The quantitative estimate of drug-likeness (QED) is 0.609. The van der Waals surface area contributed by atoms with E-state index < -0.39 is 5.54 Å². The summed E-state index contributed by atoms with van der Waals surface area (Å²) in [7, 11) is 0. The molecule has 0 spiro atoms. The van der Waals surface area contributed by atoms with Crippen molar-refractivity contribution in [3.8, 4) is 0 Å². The molecule has 0 aliphatic carbocycles. The monoisotopic (exact) mass is 183 g/mol. The lowest BCUT2D eigenvalue weighted by Crippen LogP contribution is -2.45. The summed E-state index contributed by atoms with van der Waals surface area (Å²) in [5.41, 5.74) is -0.410. The van der Waals surface area contributed by atoms with Gasteiger partial charge in [-0.25, -0.2) is 4.79 Å². The lowest BCUT2D eigenvalue weighted by molar-refractivity contribution is 0.242. The molecule has 1 unspecified atom stereocenters. The average molecular weight is 183 g/mol. The van der Waals surface area contributed by atoms with Crippen LogP contribution in [0.3, 0.4) is 0 Å². The largest absolute Gasteiger partial charge is 0.325 e. The maximum Gasteiger partial charge on any atom is 0.321 e. The molecule has 0 aromatic heterocycles. The summed E-state index contributed by atoms with van der Waals surface area (Å²) in [6.45, 7) is 4.11. The molecule has 13 heavy (non-hydrogen) atoms. The van der Waals surface area contributed by atoms with Crippen LogP contribution >= 0.6 is 0 Å². The predicted octanol–water partition coefficient (Wildman–Crippen LogP) is 1.62. The maximum absolute atomic E-state index is 11.0. The van der Waals surface area contributed by atoms with Crippen LogP contribution in [-0.2, 0) is 0 Å². The number of hydrogen-bond acceptors (Lipinski definition) is 2. The van der Waals surface area contributed by atoms with Crippen LogP contribution in [-0.4, -0.2) is 17.4 Å². The SMILES string of the molecule is CCCCC1(CC)NC(=O)NC1=N. The first kappa shape index (κ1) is 10.0. The number of hydrogen-bond donors (Lipinski definition) is 3. The van der Waals surface area contributed by atoms with E-state index in [9.17, 15) is 4.79 Å². The summed E-state index contributed by atoms with van der Waals surface area (Å²) in [5, 5.41) is 13.0. The molecule has 1 rings (SSSR count). The standard InChI is InChI=1S/C9H17N3O/c1-3-5-6-9(4-2)7(10)11-8(13)12-9/h3-6H2,1-2H3,(H3,10,11,12,13). The van der Waals surface area contributed by atoms with Crippen LogP contribution in [0.4, 0.5) is 4.79 Å². The second-order valence-corrected chi connectivity index (χ2v) is 3.49. The van der Waals surface area contributed by atoms with Gasteiger partial charge < -0.3 is 5.32 Å². The highest BCUT2D eigenvalue weighted by atomic mass is 16.2. The number of carbonyl (C=O) groups is 1. The zero-order chi connectivity index (χ0) is 9.90. The van der Waals surface area contributed by atoms with Gasteiger partial charge >= 0.3 is 6.03 Å². The summed E-state index contributed by atoms with van der Waals surface area (Å²) < 4.78 is 0. The van der Waals surface area contributed by atoms with Gasteiger partial charge in [-0.15, -0.1) is 0 Å². The van der Waals surface area contributed by atoms with Crippen molar-refractivity contribution in [2.24, 2.45) is 0 Å². The Labute approximate surface area is 78.6 Å². The van der Waals surface area contributed by atoms with Crippen LogP contribution in [0.15, 0.2) is 0 Å². The van der Waals surface area contributed by atoms with E-state index in [2.05, 4.69) is 17.6 Å². The molecule has 0 aromatic carbocycles. The topological polar surface area (TPSA) is 65.0 Å². The number of carbonyl (C=O) groups excluding carboxylic acids is 1. The van der Waals surface area contributed by atoms with Crippen molar-refractivity contribution in [3.63, 3.8) is 0 Å². The maximum atomic E-state index is 11.0. The third-order valence-electron chi connectivity index (χ3n) is 2.63. The zero-order valence-electron chi connectivity index (χ0n) is 8.24. The van der Waals surface area contributed by atoms with Crippen molar-refractivity contribution in [2.45, 2.75) is 45.1 Å². The molecule has 4 nitrogen and oxygen atoms in total. The van der Waals surface area contributed by atoms with Gasteiger partial charge in [-0.2, -0.15) is 0 Å². The molecule has 1 fully saturated rings. The molecule has 74 valence electrons. The first-order chi connectivity index (χ1) is 6.14. The van der Waals surface area contributed by atoms with E-state index in [0.717, 1.165) is 25.7 Å². The van der Waals surface area contributed by atoms with E-state index in [0.29, 0.717) is 5.84 Å². The zero-order valence-corrected chi connectivity index (χ0v) is 8.24. The molecule has 4 heteroatoms. The Balaban J connectivity index is 2.68. The van der Waals surface area contributed by atoms with Crippen molar-refractivity contribution in [1.82, 2.24) is 10.6 Å². The van der Waals surface area contributed by atoms with E-state index in [4.69, 9.17) is 5.41 Å². The van der Waals surface area contributed by atoms with E-state index in [1.54, 1.807) is 0 Å². The fraction of sp³-hybridized carbons (Fsp3) is 0.778. The normalized spacial score (nSPS) is 27.2. The minimum absolute atomic E-state index is 0.233. The molecule has 3 N–H and O–H groups in total. The molecular weight excluding hydrogens is 166 g/mol.